The van der Waals surface area contributed by atoms with Crippen molar-refractivity contribution < 1.29 is 27.4 Å². The molecule has 1 aromatic carbocycles. The van der Waals surface area contributed by atoms with Crippen LogP contribution in [0.25, 0.3) is 0 Å². The summed E-state index contributed by atoms with van der Waals surface area (Å²) in [4.78, 5) is 21.5. The first kappa shape index (κ1) is 27.6. The highest BCUT2D eigenvalue weighted by atomic mass is 19.4. The van der Waals surface area contributed by atoms with Gasteiger partial charge in [0.05, 0.1) is 6.42 Å². The van der Waals surface area contributed by atoms with Crippen molar-refractivity contribution in [3.63, 3.8) is 0 Å². The molecule has 0 saturated carbocycles. The number of rotatable bonds is 5. The van der Waals surface area contributed by atoms with Crippen LogP contribution in [0.2, 0.25) is 0 Å². The number of carbonyl (C=O) groups is 1. The Balaban J connectivity index is 0.000000257. The molecule has 1 fully saturated rings. The van der Waals surface area contributed by atoms with Crippen LogP contribution in [0.1, 0.15) is 52.5 Å². The molecule has 0 aliphatic carbocycles. The molecular weight excluding hydrogens is 447 g/mol. The number of nitrogens with zero attached hydrogens (tertiary/aromatic N) is 3. The van der Waals surface area contributed by atoms with Crippen LogP contribution < -0.4 is 4.74 Å². The van der Waals surface area contributed by atoms with Crippen LogP contribution in [-0.2, 0) is 16.0 Å². The van der Waals surface area contributed by atoms with Crippen LogP contribution in [0.15, 0.2) is 46.7 Å². The van der Waals surface area contributed by atoms with Gasteiger partial charge in [-0.05, 0) is 58.7 Å². The standard InChI is InChI=1S/C16H27N3O.C9H7F3O2/c1-13-5-9-19(10-6-13)12-14-11-15(18-8-7-17-14)20-16(2,3)4;10-9(11,12)14-8-4-2-1-3-7(8)5-6-13/h7-8,13H,5-6,9-12H2,1-4H3;1-4,6H,5H2. The van der Waals surface area contributed by atoms with Gasteiger partial charge in [0.1, 0.15) is 17.6 Å². The number of aliphatic imine (C=N–C) groups is 2. The molecule has 0 amide bonds. The fourth-order valence-corrected chi connectivity index (χ4v) is 3.50. The Labute approximate surface area is 199 Å². The van der Waals surface area contributed by atoms with E-state index in [2.05, 4.69) is 26.5 Å². The lowest BCUT2D eigenvalue weighted by molar-refractivity contribution is -0.274. The maximum atomic E-state index is 11.9. The highest BCUT2D eigenvalue weighted by Crippen LogP contribution is 2.26. The predicted molar refractivity (Wildman–Crippen MR) is 127 cm³/mol. The fourth-order valence-electron chi connectivity index (χ4n) is 3.50. The molecule has 0 unspecified atom stereocenters. The van der Waals surface area contributed by atoms with E-state index in [1.165, 1.54) is 44.1 Å². The van der Waals surface area contributed by atoms with E-state index in [0.717, 1.165) is 30.5 Å². The maximum absolute atomic E-state index is 11.9. The number of piperidine rings is 1. The van der Waals surface area contributed by atoms with E-state index in [1.807, 2.05) is 20.8 Å². The van der Waals surface area contributed by atoms with Crippen molar-refractivity contribution in [2.75, 3.05) is 19.6 Å². The highest BCUT2D eigenvalue weighted by molar-refractivity contribution is 6.03. The molecule has 0 N–H and O–H groups in total. The van der Waals surface area contributed by atoms with Gasteiger partial charge in [0, 0.05) is 36.6 Å². The van der Waals surface area contributed by atoms with Crippen molar-refractivity contribution in [2.24, 2.45) is 15.9 Å². The zero-order chi connectivity index (χ0) is 25.2. The molecule has 188 valence electrons. The Bertz CT molecular complexity index is 881. The van der Waals surface area contributed by atoms with Crippen LogP contribution in [0.3, 0.4) is 0 Å². The molecule has 2 aliphatic rings. The minimum atomic E-state index is -4.72. The van der Waals surface area contributed by atoms with E-state index < -0.39 is 6.36 Å². The van der Waals surface area contributed by atoms with Gasteiger partial charge < -0.3 is 14.3 Å². The number of hydrogen-bond donors (Lipinski definition) is 0. The first-order valence-corrected chi connectivity index (χ1v) is 11.4. The molecule has 0 spiro atoms. The molecule has 9 heteroatoms. The van der Waals surface area contributed by atoms with Crippen LogP contribution >= 0.6 is 0 Å². The second-order valence-electron chi connectivity index (χ2n) is 9.39. The van der Waals surface area contributed by atoms with E-state index in [1.54, 1.807) is 18.5 Å². The Morgan fingerprint density at radius 1 is 1.06 bits per heavy atom. The van der Waals surface area contributed by atoms with Crippen molar-refractivity contribution in [2.45, 2.75) is 65.3 Å². The number of para-hydroxylation sites is 1. The molecule has 0 atom stereocenters. The predicted octanol–water partition coefficient (Wildman–Crippen LogP) is 5.57. The van der Waals surface area contributed by atoms with Crippen molar-refractivity contribution >= 4 is 17.9 Å². The summed E-state index contributed by atoms with van der Waals surface area (Å²) in [5.41, 5.74) is 1.17. The minimum Gasteiger partial charge on any atom is -0.475 e. The van der Waals surface area contributed by atoms with Crippen molar-refractivity contribution in [3.8, 4) is 5.75 Å². The average Bonchev–Trinajstić information content (AvgIpc) is 2.94. The Morgan fingerprint density at radius 3 is 2.32 bits per heavy atom. The molecule has 0 aromatic heterocycles. The van der Waals surface area contributed by atoms with Gasteiger partial charge in [0.25, 0.3) is 0 Å². The Hall–Kier alpha value is -2.68. The third-order valence-electron chi connectivity index (χ3n) is 5.11. The van der Waals surface area contributed by atoms with Gasteiger partial charge >= 0.3 is 6.36 Å². The number of carbonyl (C=O) groups excluding carboxylic acids is 1. The summed E-state index contributed by atoms with van der Waals surface area (Å²) in [5, 5.41) is 0. The van der Waals surface area contributed by atoms with Crippen LogP contribution in [0.5, 0.6) is 5.75 Å². The molecule has 1 aromatic rings. The van der Waals surface area contributed by atoms with Crippen molar-refractivity contribution in [1.29, 1.82) is 0 Å². The third-order valence-corrected chi connectivity index (χ3v) is 5.11. The van der Waals surface area contributed by atoms with Crippen molar-refractivity contribution in [3.05, 3.63) is 42.2 Å². The number of likely N-dealkylation sites (tertiary alicyclic amines) is 1. The fraction of sp³-hybridized carbons (Fsp3) is 0.560. The number of ether oxygens (including phenoxy) is 2. The Morgan fingerprint density at radius 2 is 1.71 bits per heavy atom. The zero-order valence-corrected chi connectivity index (χ0v) is 20.3. The monoisotopic (exact) mass is 481 g/mol. The number of alkyl halides is 3. The maximum Gasteiger partial charge on any atom is 0.573 e. The number of aldehydes is 1. The molecule has 2 aliphatic heterocycles. The van der Waals surface area contributed by atoms with Gasteiger partial charge in [-0.3, -0.25) is 9.89 Å². The summed E-state index contributed by atoms with van der Waals surface area (Å²) >= 11 is 0. The molecular formula is C25H34F3N3O3. The largest absolute Gasteiger partial charge is 0.573 e. The molecule has 3 rings (SSSR count). The van der Waals surface area contributed by atoms with Gasteiger partial charge in [-0.25, -0.2) is 4.99 Å². The number of hydrogen-bond acceptors (Lipinski definition) is 6. The summed E-state index contributed by atoms with van der Waals surface area (Å²) in [6.45, 7) is 11.8. The summed E-state index contributed by atoms with van der Waals surface area (Å²) in [7, 11) is 0. The minimum absolute atomic E-state index is 0.0910. The van der Waals surface area contributed by atoms with Crippen LogP contribution in [0, 0.1) is 5.92 Å². The summed E-state index contributed by atoms with van der Waals surface area (Å²) in [6.07, 6.45) is 2.53. The quantitative estimate of drug-likeness (QED) is 0.516. The third kappa shape index (κ3) is 11.0. The molecule has 0 bridgehead atoms. The van der Waals surface area contributed by atoms with Crippen LogP contribution in [0.4, 0.5) is 13.2 Å². The van der Waals surface area contributed by atoms with E-state index in [9.17, 15) is 18.0 Å². The first-order chi connectivity index (χ1) is 15.9. The number of benzene rings is 1. The van der Waals surface area contributed by atoms with Gasteiger partial charge in [0.2, 0.25) is 0 Å². The van der Waals surface area contributed by atoms with Crippen LogP contribution in [-0.4, -0.2) is 54.4 Å². The van der Waals surface area contributed by atoms with E-state index in [-0.39, 0.29) is 23.3 Å². The molecule has 34 heavy (non-hydrogen) atoms. The highest BCUT2D eigenvalue weighted by Gasteiger charge is 2.31. The van der Waals surface area contributed by atoms with Gasteiger partial charge in [-0.15, -0.1) is 13.2 Å². The lowest BCUT2D eigenvalue weighted by Gasteiger charge is -2.30. The summed E-state index contributed by atoms with van der Waals surface area (Å²) in [6, 6.07) is 5.54. The topological polar surface area (TPSA) is 63.5 Å². The molecule has 2 heterocycles. The van der Waals surface area contributed by atoms with Gasteiger partial charge in [-0.1, -0.05) is 25.1 Å². The van der Waals surface area contributed by atoms with E-state index in [4.69, 9.17) is 4.74 Å². The van der Waals surface area contributed by atoms with E-state index in [0.29, 0.717) is 6.29 Å². The lowest BCUT2D eigenvalue weighted by Crippen LogP contribution is -2.37. The lowest BCUT2D eigenvalue weighted by atomic mass is 9.99. The van der Waals surface area contributed by atoms with Crippen molar-refractivity contribution in [1.82, 2.24) is 4.90 Å². The molecule has 0 radical (unpaired) electrons. The summed E-state index contributed by atoms with van der Waals surface area (Å²) < 4.78 is 45.2. The zero-order valence-electron chi connectivity index (χ0n) is 20.3. The number of halogens is 3. The normalized spacial score (nSPS) is 17.6. The second-order valence-corrected chi connectivity index (χ2v) is 9.39. The summed E-state index contributed by atoms with van der Waals surface area (Å²) in [5.74, 6) is 1.31. The van der Waals surface area contributed by atoms with Gasteiger partial charge in [0.15, 0.2) is 5.90 Å². The average molecular weight is 482 g/mol. The Kier molecular flexibility index (Phi) is 10.3. The molecule has 6 nitrogen and oxygen atoms in total. The smallest absolute Gasteiger partial charge is 0.475 e. The SMILES string of the molecule is CC1CCN(CC2=NC=CN=C(OC(C)(C)C)C2)CC1.O=CCc1ccccc1OC(F)(F)F. The van der Waals surface area contributed by atoms with Gasteiger partial charge in [-0.2, -0.15) is 0 Å². The first-order valence-electron chi connectivity index (χ1n) is 11.4. The van der Waals surface area contributed by atoms with E-state index >= 15 is 0 Å². The second kappa shape index (κ2) is 12.7. The molecule has 1 saturated heterocycles.